The third kappa shape index (κ3) is 8.19. The van der Waals surface area contributed by atoms with Gasteiger partial charge in [0, 0.05) is 25.3 Å². The number of nitrogens with one attached hydrogen (secondary N) is 2. The van der Waals surface area contributed by atoms with Crippen molar-refractivity contribution in [1.82, 2.24) is 10.6 Å². The minimum atomic E-state index is 0. The highest BCUT2D eigenvalue weighted by Gasteiger charge is 2.20. The van der Waals surface area contributed by atoms with E-state index in [1.807, 2.05) is 25.1 Å². The molecule has 1 aromatic carbocycles. The van der Waals surface area contributed by atoms with Crippen LogP contribution in [0.1, 0.15) is 32.3 Å². The van der Waals surface area contributed by atoms with Crippen LogP contribution in [-0.2, 0) is 11.3 Å². The molecule has 0 amide bonds. The van der Waals surface area contributed by atoms with Crippen LogP contribution < -0.4 is 15.4 Å². The van der Waals surface area contributed by atoms with Gasteiger partial charge >= 0.3 is 0 Å². The van der Waals surface area contributed by atoms with Crippen molar-refractivity contribution in [3.63, 3.8) is 0 Å². The predicted octanol–water partition coefficient (Wildman–Crippen LogP) is 3.19. The molecule has 1 aliphatic rings. The molecule has 0 atom stereocenters. The van der Waals surface area contributed by atoms with E-state index in [0.717, 1.165) is 49.5 Å². The quantitative estimate of drug-likeness (QED) is 0.251. The maximum absolute atomic E-state index is 5.64. The first-order valence-electron chi connectivity index (χ1n) is 8.64. The summed E-state index contributed by atoms with van der Waals surface area (Å²) in [5.41, 5.74) is 1.09. The summed E-state index contributed by atoms with van der Waals surface area (Å²) in [4.78, 5) is 4.63. The maximum atomic E-state index is 5.64. The smallest absolute Gasteiger partial charge is 0.191 e. The molecule has 0 radical (unpaired) electrons. The molecule has 1 aliphatic carbocycles. The lowest BCUT2D eigenvalue weighted by Crippen LogP contribution is -2.39. The van der Waals surface area contributed by atoms with E-state index >= 15 is 0 Å². The number of aliphatic imine (C=N–C) groups is 1. The van der Waals surface area contributed by atoms with Gasteiger partial charge in [-0.2, -0.15) is 0 Å². The van der Waals surface area contributed by atoms with Crippen molar-refractivity contribution in [2.24, 2.45) is 10.9 Å². The zero-order valence-corrected chi connectivity index (χ0v) is 17.0. The maximum Gasteiger partial charge on any atom is 0.191 e. The van der Waals surface area contributed by atoms with Crippen LogP contribution in [0.15, 0.2) is 29.3 Å². The number of halogens is 1. The number of guanidine groups is 1. The highest BCUT2D eigenvalue weighted by atomic mass is 127. The van der Waals surface area contributed by atoms with Gasteiger partial charge in [-0.3, -0.25) is 0 Å². The Bertz CT molecular complexity index is 493. The Hall–Kier alpha value is -1.02. The fourth-order valence-electron chi connectivity index (χ4n) is 2.21. The van der Waals surface area contributed by atoms with Gasteiger partial charge in [0.15, 0.2) is 5.96 Å². The van der Waals surface area contributed by atoms with Crippen molar-refractivity contribution >= 4 is 29.9 Å². The molecule has 2 rings (SSSR count). The molecule has 0 aliphatic heterocycles. The fourth-order valence-corrected chi connectivity index (χ4v) is 2.21. The van der Waals surface area contributed by atoms with Crippen LogP contribution in [0.4, 0.5) is 0 Å². The van der Waals surface area contributed by atoms with Crippen LogP contribution in [-0.4, -0.2) is 38.9 Å². The average Bonchev–Trinajstić information content (AvgIpc) is 3.38. The van der Waals surface area contributed by atoms with Gasteiger partial charge in [0.05, 0.1) is 19.8 Å². The minimum absolute atomic E-state index is 0. The van der Waals surface area contributed by atoms with E-state index in [1.54, 1.807) is 0 Å². The van der Waals surface area contributed by atoms with Gasteiger partial charge in [0.1, 0.15) is 5.75 Å². The Balaban J connectivity index is 0.00000288. The molecule has 0 saturated heterocycles. The lowest BCUT2D eigenvalue weighted by Gasteiger charge is -2.12. The molecule has 5 nitrogen and oxygen atoms in total. The van der Waals surface area contributed by atoms with Crippen molar-refractivity contribution in [2.45, 2.75) is 33.2 Å². The normalized spacial score (nSPS) is 14.0. The lowest BCUT2D eigenvalue weighted by molar-refractivity contribution is 0.129. The van der Waals surface area contributed by atoms with E-state index in [-0.39, 0.29) is 24.0 Å². The Morgan fingerprint density at radius 2 is 2.00 bits per heavy atom. The summed E-state index contributed by atoms with van der Waals surface area (Å²) in [5.74, 6) is 2.53. The van der Waals surface area contributed by atoms with Gasteiger partial charge in [0.2, 0.25) is 0 Å². The first-order valence-corrected chi connectivity index (χ1v) is 8.64. The number of rotatable bonds is 10. The van der Waals surface area contributed by atoms with Crippen molar-refractivity contribution in [2.75, 3.05) is 32.9 Å². The van der Waals surface area contributed by atoms with E-state index in [9.17, 15) is 0 Å². The molecule has 136 valence electrons. The fraction of sp³-hybridized carbons (Fsp3) is 0.611. The van der Waals surface area contributed by atoms with E-state index in [2.05, 4.69) is 28.6 Å². The Labute approximate surface area is 162 Å². The molecular formula is C18H30IN3O2. The second-order valence-corrected chi connectivity index (χ2v) is 5.68. The largest absolute Gasteiger partial charge is 0.494 e. The van der Waals surface area contributed by atoms with E-state index in [0.29, 0.717) is 13.2 Å². The van der Waals surface area contributed by atoms with E-state index in [4.69, 9.17) is 9.47 Å². The van der Waals surface area contributed by atoms with E-state index < -0.39 is 0 Å². The number of nitrogens with zero attached hydrogens (tertiary/aromatic N) is 1. The molecule has 0 aromatic heterocycles. The standard InChI is InChI=1S/C18H29N3O2.HI/c1-3-19-18(20-11-12-22-14-15-9-10-15)21-13-16-7-5-6-8-17(16)23-4-2;/h5-8,15H,3-4,9-14H2,1-2H3,(H2,19,20,21);1H. The molecule has 0 bridgehead atoms. The number of hydrogen-bond acceptors (Lipinski definition) is 3. The number of para-hydroxylation sites is 1. The number of ether oxygens (including phenoxy) is 2. The zero-order chi connectivity index (χ0) is 16.3. The zero-order valence-electron chi connectivity index (χ0n) is 14.7. The van der Waals surface area contributed by atoms with Crippen LogP contribution in [0.3, 0.4) is 0 Å². The topological polar surface area (TPSA) is 54.9 Å². The van der Waals surface area contributed by atoms with Gasteiger partial charge in [0.25, 0.3) is 0 Å². The third-order valence-corrected chi connectivity index (χ3v) is 3.61. The molecule has 0 spiro atoms. The molecular weight excluding hydrogens is 417 g/mol. The van der Waals surface area contributed by atoms with Gasteiger partial charge in [-0.15, -0.1) is 24.0 Å². The highest BCUT2D eigenvalue weighted by Crippen LogP contribution is 2.28. The van der Waals surface area contributed by atoms with Crippen molar-refractivity contribution in [3.05, 3.63) is 29.8 Å². The Morgan fingerprint density at radius 3 is 2.71 bits per heavy atom. The summed E-state index contributed by atoms with van der Waals surface area (Å²) in [6.45, 7) is 8.54. The first-order chi connectivity index (χ1) is 11.3. The molecule has 24 heavy (non-hydrogen) atoms. The van der Waals surface area contributed by atoms with Crippen LogP contribution in [0.2, 0.25) is 0 Å². The molecule has 0 heterocycles. The number of benzene rings is 1. The number of hydrogen-bond donors (Lipinski definition) is 2. The van der Waals surface area contributed by atoms with Crippen molar-refractivity contribution in [1.29, 1.82) is 0 Å². The van der Waals surface area contributed by atoms with Gasteiger partial charge in [-0.25, -0.2) is 4.99 Å². The van der Waals surface area contributed by atoms with Gasteiger partial charge < -0.3 is 20.1 Å². The SMILES string of the molecule is CCNC(=NCc1ccccc1OCC)NCCOCC1CC1.I. The van der Waals surface area contributed by atoms with Crippen LogP contribution in [0, 0.1) is 5.92 Å². The van der Waals surface area contributed by atoms with Crippen LogP contribution in [0.5, 0.6) is 5.75 Å². The molecule has 6 heteroatoms. The Kier molecular flexibility index (Phi) is 10.8. The summed E-state index contributed by atoms with van der Waals surface area (Å²) in [6, 6.07) is 8.04. The summed E-state index contributed by atoms with van der Waals surface area (Å²) in [6.07, 6.45) is 2.66. The average molecular weight is 447 g/mol. The highest BCUT2D eigenvalue weighted by molar-refractivity contribution is 14.0. The second kappa shape index (κ2) is 12.4. The van der Waals surface area contributed by atoms with Gasteiger partial charge in [-0.05, 0) is 38.7 Å². The summed E-state index contributed by atoms with van der Waals surface area (Å²) in [5, 5.41) is 6.57. The molecule has 1 aromatic rings. The summed E-state index contributed by atoms with van der Waals surface area (Å²) < 4.78 is 11.3. The molecule has 0 unspecified atom stereocenters. The lowest BCUT2D eigenvalue weighted by atomic mass is 10.2. The summed E-state index contributed by atoms with van der Waals surface area (Å²) in [7, 11) is 0. The minimum Gasteiger partial charge on any atom is -0.494 e. The van der Waals surface area contributed by atoms with Crippen LogP contribution in [0.25, 0.3) is 0 Å². The van der Waals surface area contributed by atoms with Gasteiger partial charge in [-0.1, -0.05) is 18.2 Å². The first kappa shape index (κ1) is 21.0. The van der Waals surface area contributed by atoms with E-state index in [1.165, 1.54) is 12.8 Å². The summed E-state index contributed by atoms with van der Waals surface area (Å²) >= 11 is 0. The van der Waals surface area contributed by atoms with Crippen LogP contribution >= 0.6 is 24.0 Å². The molecule has 2 N–H and O–H groups in total. The predicted molar refractivity (Wildman–Crippen MR) is 109 cm³/mol. The molecule has 1 saturated carbocycles. The second-order valence-electron chi connectivity index (χ2n) is 5.68. The van der Waals surface area contributed by atoms with Crippen molar-refractivity contribution < 1.29 is 9.47 Å². The Morgan fingerprint density at radius 1 is 1.21 bits per heavy atom. The third-order valence-electron chi connectivity index (χ3n) is 3.61. The monoisotopic (exact) mass is 447 g/mol. The van der Waals surface area contributed by atoms with Crippen molar-refractivity contribution in [3.8, 4) is 5.75 Å². The molecule has 1 fully saturated rings.